The van der Waals surface area contributed by atoms with Gasteiger partial charge in [0, 0.05) is 5.69 Å². The van der Waals surface area contributed by atoms with Crippen LogP contribution in [0.15, 0.2) is 33.3 Å². The van der Waals surface area contributed by atoms with E-state index in [1.54, 1.807) is 13.0 Å². The Hall–Kier alpha value is -1.77. The van der Waals surface area contributed by atoms with Crippen LogP contribution in [-0.2, 0) is 10.0 Å². The van der Waals surface area contributed by atoms with Crippen LogP contribution in [-0.4, -0.2) is 17.4 Å². The van der Waals surface area contributed by atoms with Crippen LogP contribution >= 0.6 is 22.9 Å². The molecule has 0 unspecified atom stereocenters. The van der Waals surface area contributed by atoms with Crippen molar-refractivity contribution >= 4 is 49.7 Å². The molecule has 0 radical (unpaired) electrons. The van der Waals surface area contributed by atoms with E-state index in [2.05, 4.69) is 4.98 Å². The van der Waals surface area contributed by atoms with Gasteiger partial charge in [0.05, 0.1) is 15.4 Å². The average molecular weight is 344 g/mol. The molecule has 0 bridgehead atoms. The number of imidazole rings is 1. The molecule has 3 N–H and O–H groups in total. The predicted octanol–water partition coefficient (Wildman–Crippen LogP) is 2.17. The highest BCUT2D eigenvalue weighted by molar-refractivity contribution is 7.92. The minimum Gasteiger partial charge on any atom is -0.398 e. The first-order valence-corrected chi connectivity index (χ1v) is 8.46. The number of nitrogens with one attached hydrogen (secondary N) is 1. The van der Waals surface area contributed by atoms with Crippen LogP contribution in [0, 0.1) is 6.92 Å². The molecular formula is C12H10ClN3O3S2. The van der Waals surface area contributed by atoms with Crippen molar-refractivity contribution in [1.29, 1.82) is 0 Å². The van der Waals surface area contributed by atoms with Gasteiger partial charge in [-0.1, -0.05) is 11.6 Å². The minimum absolute atomic E-state index is 0.00496. The third-order valence-corrected chi connectivity index (χ3v) is 6.47. The molecule has 0 aliphatic rings. The topological polar surface area (TPSA) is 98.0 Å². The molecule has 110 valence electrons. The number of nitrogens with zero attached hydrogens (tertiary/aromatic N) is 1. The number of aromatic amines is 1. The number of anilines is 1. The molecule has 21 heavy (non-hydrogen) atoms. The zero-order chi connectivity index (χ0) is 15.4. The van der Waals surface area contributed by atoms with E-state index < -0.39 is 15.7 Å². The van der Waals surface area contributed by atoms with Gasteiger partial charge in [-0.15, -0.1) is 11.3 Å². The number of nitrogens with two attached hydrogens (primary N) is 1. The van der Waals surface area contributed by atoms with Crippen LogP contribution in [0.4, 0.5) is 5.69 Å². The van der Waals surface area contributed by atoms with Gasteiger partial charge in [-0.2, -0.15) is 12.4 Å². The fourth-order valence-electron chi connectivity index (χ4n) is 2.02. The predicted molar refractivity (Wildman–Crippen MR) is 83.6 cm³/mol. The number of fused-ring (bicyclic) bond motifs is 1. The third-order valence-electron chi connectivity index (χ3n) is 3.07. The van der Waals surface area contributed by atoms with Gasteiger partial charge in [0.1, 0.15) is 4.21 Å². The highest BCUT2D eigenvalue weighted by Crippen LogP contribution is 2.29. The summed E-state index contributed by atoms with van der Waals surface area (Å²) in [6, 6.07) is 5.94. The molecule has 2 heterocycles. The number of H-pyrrole nitrogens is 1. The highest BCUT2D eigenvalue weighted by atomic mass is 35.5. The maximum absolute atomic E-state index is 12.6. The summed E-state index contributed by atoms with van der Waals surface area (Å²) in [5.74, 6) is 0. The van der Waals surface area contributed by atoms with Crippen molar-refractivity contribution < 1.29 is 8.42 Å². The van der Waals surface area contributed by atoms with Gasteiger partial charge >= 0.3 is 5.69 Å². The highest BCUT2D eigenvalue weighted by Gasteiger charge is 2.24. The molecular weight excluding hydrogens is 334 g/mol. The number of hydrogen-bond acceptors (Lipinski definition) is 5. The molecule has 0 aliphatic carbocycles. The maximum Gasteiger partial charge on any atom is 0.340 e. The van der Waals surface area contributed by atoms with Crippen molar-refractivity contribution in [2.24, 2.45) is 0 Å². The van der Waals surface area contributed by atoms with Crippen molar-refractivity contribution in [1.82, 2.24) is 8.96 Å². The van der Waals surface area contributed by atoms with Crippen LogP contribution in [0.5, 0.6) is 0 Å². The lowest BCUT2D eigenvalue weighted by Gasteiger charge is -2.05. The van der Waals surface area contributed by atoms with Crippen molar-refractivity contribution in [3.05, 3.63) is 44.6 Å². The molecule has 1 aromatic carbocycles. The van der Waals surface area contributed by atoms with Gasteiger partial charge in [-0.05, 0) is 36.8 Å². The average Bonchev–Trinajstić information content (AvgIpc) is 2.94. The van der Waals surface area contributed by atoms with Gasteiger partial charge in [-0.3, -0.25) is 0 Å². The summed E-state index contributed by atoms with van der Waals surface area (Å²) in [4.78, 5) is 14.6. The SMILES string of the molecule is Cc1cc2[nH]c(=O)n(S(=O)(=O)c3ccc(Cl)s3)c2cc1N. The van der Waals surface area contributed by atoms with Crippen molar-refractivity contribution in [3.8, 4) is 0 Å². The molecule has 0 saturated carbocycles. The smallest absolute Gasteiger partial charge is 0.340 e. The summed E-state index contributed by atoms with van der Waals surface area (Å²) in [5.41, 5.74) is 6.87. The van der Waals surface area contributed by atoms with Crippen molar-refractivity contribution in [3.63, 3.8) is 0 Å². The Morgan fingerprint density at radius 3 is 2.67 bits per heavy atom. The molecule has 6 nitrogen and oxygen atoms in total. The van der Waals surface area contributed by atoms with Crippen LogP contribution in [0.3, 0.4) is 0 Å². The number of hydrogen-bond donors (Lipinski definition) is 2. The Morgan fingerprint density at radius 2 is 2.05 bits per heavy atom. The van der Waals surface area contributed by atoms with Crippen LogP contribution < -0.4 is 11.4 Å². The van der Waals surface area contributed by atoms with Gasteiger partial charge in [0.15, 0.2) is 0 Å². The number of thiophene rings is 1. The molecule has 0 saturated heterocycles. The van der Waals surface area contributed by atoms with Crippen LogP contribution in [0.2, 0.25) is 4.34 Å². The molecule has 0 fully saturated rings. The fraction of sp³-hybridized carbons (Fsp3) is 0.0833. The number of aromatic nitrogens is 2. The summed E-state index contributed by atoms with van der Waals surface area (Å²) in [5, 5.41) is 0. The van der Waals surface area contributed by atoms with E-state index in [1.165, 1.54) is 18.2 Å². The van der Waals surface area contributed by atoms with Gasteiger partial charge in [0.25, 0.3) is 10.0 Å². The lowest BCUT2D eigenvalue weighted by atomic mass is 10.2. The number of aryl methyl sites for hydroxylation is 1. The van der Waals surface area contributed by atoms with E-state index in [0.717, 1.165) is 16.9 Å². The van der Waals surface area contributed by atoms with E-state index >= 15 is 0 Å². The van der Waals surface area contributed by atoms with E-state index in [-0.39, 0.29) is 9.73 Å². The number of nitrogen functional groups attached to an aromatic ring is 1. The number of rotatable bonds is 2. The standard InChI is InChI=1S/C12H10ClN3O3S2/c1-6-4-8-9(5-7(6)14)16(12(17)15-8)21(18,19)11-3-2-10(13)20-11/h2-5H,14H2,1H3,(H,15,17). The summed E-state index contributed by atoms with van der Waals surface area (Å²) in [6.45, 7) is 1.78. The molecule has 3 rings (SSSR count). The van der Waals surface area contributed by atoms with Crippen LogP contribution in [0.1, 0.15) is 5.56 Å². The molecule has 0 spiro atoms. The number of halogens is 1. The Kier molecular flexibility index (Phi) is 3.12. The van der Waals surface area contributed by atoms with E-state index in [0.29, 0.717) is 19.5 Å². The second-order valence-electron chi connectivity index (χ2n) is 4.48. The summed E-state index contributed by atoms with van der Waals surface area (Å²) in [6.07, 6.45) is 0. The minimum atomic E-state index is -4.01. The number of benzene rings is 1. The van der Waals surface area contributed by atoms with E-state index in [9.17, 15) is 13.2 Å². The molecule has 2 aromatic heterocycles. The maximum atomic E-state index is 12.6. The van der Waals surface area contributed by atoms with E-state index in [4.69, 9.17) is 17.3 Å². The normalized spacial score (nSPS) is 12.1. The second kappa shape index (κ2) is 4.62. The Labute approximate surface area is 128 Å². The van der Waals surface area contributed by atoms with Gasteiger partial charge in [-0.25, -0.2) is 4.79 Å². The summed E-state index contributed by atoms with van der Waals surface area (Å²) < 4.78 is 26.2. The Balaban J connectivity index is 2.37. The van der Waals surface area contributed by atoms with Crippen molar-refractivity contribution in [2.75, 3.05) is 5.73 Å². The van der Waals surface area contributed by atoms with E-state index in [1.807, 2.05) is 0 Å². The molecule has 0 aliphatic heterocycles. The molecule has 0 amide bonds. The Bertz CT molecular complexity index is 1010. The monoisotopic (exact) mass is 343 g/mol. The third kappa shape index (κ3) is 2.15. The largest absolute Gasteiger partial charge is 0.398 e. The Morgan fingerprint density at radius 1 is 1.33 bits per heavy atom. The molecule has 0 atom stereocenters. The summed E-state index contributed by atoms with van der Waals surface area (Å²) in [7, 11) is -4.01. The van der Waals surface area contributed by atoms with Crippen molar-refractivity contribution in [2.45, 2.75) is 11.1 Å². The zero-order valence-corrected chi connectivity index (χ0v) is 13.1. The zero-order valence-electron chi connectivity index (χ0n) is 10.8. The summed E-state index contributed by atoms with van der Waals surface area (Å²) >= 11 is 6.66. The lowest BCUT2D eigenvalue weighted by molar-refractivity contribution is 0.589. The molecule has 3 aromatic rings. The quantitative estimate of drug-likeness (QED) is 0.697. The molecule has 9 heteroatoms. The lowest BCUT2D eigenvalue weighted by Crippen LogP contribution is -2.24. The van der Waals surface area contributed by atoms with Crippen LogP contribution in [0.25, 0.3) is 11.0 Å². The fourth-order valence-corrected chi connectivity index (χ4v) is 4.94. The first-order chi connectivity index (χ1) is 9.80. The first-order valence-electron chi connectivity index (χ1n) is 5.82. The second-order valence-corrected chi connectivity index (χ2v) is 8.21. The first kappa shape index (κ1) is 14.2. The van der Waals surface area contributed by atoms with Gasteiger partial charge in [0.2, 0.25) is 0 Å². The van der Waals surface area contributed by atoms with Gasteiger partial charge < -0.3 is 10.7 Å².